The molecule has 5 rings (SSSR count). The number of carbonyl (C=O) groups excluding carboxylic acids is 2. The van der Waals surface area contributed by atoms with E-state index in [1.165, 1.54) is 12.1 Å². The first-order chi connectivity index (χ1) is 16.5. The molecule has 0 bridgehead atoms. The molecule has 1 saturated carbocycles. The molecule has 176 valence electrons. The highest BCUT2D eigenvalue weighted by Gasteiger charge is 2.42. The van der Waals surface area contributed by atoms with Gasteiger partial charge in [0, 0.05) is 29.3 Å². The Morgan fingerprint density at radius 2 is 1.71 bits per heavy atom. The SMILES string of the molecule is CC1=C(C(=O)OC2CCCCC2)[C@@H](c2cccc(F)c2)C2=C(C[C@@H](c3ccccc3)CC2=O)N1. The zero-order chi connectivity index (χ0) is 23.7. The van der Waals surface area contributed by atoms with Crippen molar-refractivity contribution in [3.63, 3.8) is 0 Å². The van der Waals surface area contributed by atoms with E-state index in [0.717, 1.165) is 43.4 Å². The number of dihydropyridines is 1. The fourth-order valence-corrected chi connectivity index (χ4v) is 5.69. The molecule has 0 radical (unpaired) electrons. The van der Waals surface area contributed by atoms with Crippen molar-refractivity contribution in [1.82, 2.24) is 5.32 Å². The highest BCUT2D eigenvalue weighted by atomic mass is 19.1. The van der Waals surface area contributed by atoms with Crippen LogP contribution < -0.4 is 5.32 Å². The molecule has 2 aromatic rings. The van der Waals surface area contributed by atoms with Crippen LogP contribution in [0.25, 0.3) is 0 Å². The van der Waals surface area contributed by atoms with E-state index in [2.05, 4.69) is 5.32 Å². The Labute approximate surface area is 199 Å². The molecule has 2 aromatic carbocycles. The summed E-state index contributed by atoms with van der Waals surface area (Å²) in [6.07, 6.45) is 5.92. The molecular formula is C29H30FNO3. The standard InChI is InChI=1S/C29H30FNO3/c1-18-26(29(33)34-23-13-6-3-7-14-23)27(20-11-8-12-22(30)15-20)28-24(31-18)16-21(17-25(28)32)19-9-4-2-5-10-19/h2,4-5,8-12,15,21,23,27,31H,3,6-7,13-14,16-17H2,1H3/t21-,27-/m1/s1. The van der Waals surface area contributed by atoms with Crippen LogP contribution in [-0.4, -0.2) is 17.9 Å². The van der Waals surface area contributed by atoms with Gasteiger partial charge in [0.15, 0.2) is 5.78 Å². The van der Waals surface area contributed by atoms with Gasteiger partial charge in [0.2, 0.25) is 0 Å². The molecule has 0 spiro atoms. The van der Waals surface area contributed by atoms with Crippen LogP contribution in [0.2, 0.25) is 0 Å². The number of carbonyl (C=O) groups is 2. The summed E-state index contributed by atoms with van der Waals surface area (Å²) in [5.41, 5.74) is 4.22. The van der Waals surface area contributed by atoms with Gasteiger partial charge in [0.1, 0.15) is 11.9 Å². The zero-order valence-electron chi connectivity index (χ0n) is 19.5. The predicted molar refractivity (Wildman–Crippen MR) is 128 cm³/mol. The Hall–Kier alpha value is -3.21. The second-order valence-electron chi connectivity index (χ2n) is 9.65. The Morgan fingerprint density at radius 3 is 2.44 bits per heavy atom. The quantitative estimate of drug-likeness (QED) is 0.565. The summed E-state index contributed by atoms with van der Waals surface area (Å²) in [6.45, 7) is 1.85. The van der Waals surface area contributed by atoms with Crippen molar-refractivity contribution >= 4 is 11.8 Å². The number of hydrogen-bond donors (Lipinski definition) is 1. The lowest BCUT2D eigenvalue weighted by molar-refractivity contribution is -0.146. The van der Waals surface area contributed by atoms with Crippen molar-refractivity contribution < 1.29 is 18.7 Å². The second-order valence-corrected chi connectivity index (χ2v) is 9.65. The second kappa shape index (κ2) is 9.57. The van der Waals surface area contributed by atoms with Crippen LogP contribution in [0.5, 0.6) is 0 Å². The van der Waals surface area contributed by atoms with E-state index in [1.807, 2.05) is 37.3 Å². The minimum absolute atomic E-state index is 0.00710. The molecule has 5 heteroatoms. The molecule has 3 aliphatic rings. The average Bonchev–Trinajstić information content (AvgIpc) is 2.84. The first-order valence-corrected chi connectivity index (χ1v) is 12.3. The van der Waals surface area contributed by atoms with Gasteiger partial charge >= 0.3 is 5.97 Å². The number of ether oxygens (including phenoxy) is 1. The molecular weight excluding hydrogens is 429 g/mol. The minimum atomic E-state index is -0.632. The van der Waals surface area contributed by atoms with E-state index < -0.39 is 11.9 Å². The van der Waals surface area contributed by atoms with E-state index in [4.69, 9.17) is 4.74 Å². The average molecular weight is 460 g/mol. The van der Waals surface area contributed by atoms with Gasteiger partial charge in [-0.25, -0.2) is 9.18 Å². The molecule has 1 fully saturated rings. The largest absolute Gasteiger partial charge is 0.459 e. The van der Waals surface area contributed by atoms with Crippen molar-refractivity contribution in [1.29, 1.82) is 0 Å². The summed E-state index contributed by atoms with van der Waals surface area (Å²) in [7, 11) is 0. The molecule has 34 heavy (non-hydrogen) atoms. The number of nitrogens with one attached hydrogen (secondary N) is 1. The number of esters is 1. The van der Waals surface area contributed by atoms with Crippen LogP contribution >= 0.6 is 0 Å². The summed E-state index contributed by atoms with van der Waals surface area (Å²) in [4.78, 5) is 27.0. The summed E-state index contributed by atoms with van der Waals surface area (Å²) in [6, 6.07) is 16.3. The van der Waals surface area contributed by atoms with E-state index in [0.29, 0.717) is 35.2 Å². The van der Waals surface area contributed by atoms with E-state index >= 15 is 0 Å². The topological polar surface area (TPSA) is 55.4 Å². The first kappa shape index (κ1) is 22.6. The Morgan fingerprint density at radius 1 is 0.971 bits per heavy atom. The summed E-state index contributed by atoms with van der Waals surface area (Å²) >= 11 is 0. The Bertz CT molecular complexity index is 1160. The number of hydrogen-bond acceptors (Lipinski definition) is 4. The van der Waals surface area contributed by atoms with E-state index in [1.54, 1.807) is 12.1 Å². The van der Waals surface area contributed by atoms with Crippen molar-refractivity contribution in [2.24, 2.45) is 0 Å². The molecule has 1 heterocycles. The number of rotatable bonds is 4. The van der Waals surface area contributed by atoms with Gasteiger partial charge in [-0.1, -0.05) is 48.9 Å². The fraction of sp³-hybridized carbons (Fsp3) is 0.379. The zero-order valence-corrected chi connectivity index (χ0v) is 19.5. The highest BCUT2D eigenvalue weighted by molar-refractivity contribution is 6.04. The number of halogens is 1. The van der Waals surface area contributed by atoms with Crippen molar-refractivity contribution in [3.05, 3.63) is 94.1 Å². The van der Waals surface area contributed by atoms with Gasteiger partial charge in [0.25, 0.3) is 0 Å². The van der Waals surface area contributed by atoms with E-state index in [-0.39, 0.29) is 23.6 Å². The maximum absolute atomic E-state index is 14.3. The molecule has 0 saturated heterocycles. The van der Waals surface area contributed by atoms with E-state index in [9.17, 15) is 14.0 Å². The van der Waals surface area contributed by atoms with Crippen molar-refractivity contribution in [2.75, 3.05) is 0 Å². The highest BCUT2D eigenvalue weighted by Crippen LogP contribution is 2.46. The molecule has 0 amide bonds. The maximum Gasteiger partial charge on any atom is 0.337 e. The molecule has 1 aliphatic heterocycles. The molecule has 2 atom stereocenters. The number of ketones is 1. The smallest absolute Gasteiger partial charge is 0.337 e. The van der Waals surface area contributed by atoms with Gasteiger partial charge in [-0.2, -0.15) is 0 Å². The van der Waals surface area contributed by atoms with Crippen molar-refractivity contribution in [3.8, 4) is 0 Å². The summed E-state index contributed by atoms with van der Waals surface area (Å²) < 4.78 is 20.2. The summed E-state index contributed by atoms with van der Waals surface area (Å²) in [5.74, 6) is -1.37. The third-order valence-corrected chi connectivity index (χ3v) is 7.33. The van der Waals surface area contributed by atoms with Crippen LogP contribution in [0.4, 0.5) is 4.39 Å². The lowest BCUT2D eigenvalue weighted by Crippen LogP contribution is -2.37. The molecule has 1 N–H and O–H groups in total. The van der Waals surface area contributed by atoms with Crippen LogP contribution in [-0.2, 0) is 14.3 Å². The molecule has 0 unspecified atom stereocenters. The lowest BCUT2D eigenvalue weighted by Gasteiger charge is -2.37. The van der Waals surface area contributed by atoms with Crippen molar-refractivity contribution in [2.45, 2.75) is 69.8 Å². The number of allylic oxidation sites excluding steroid dienone is 3. The number of Topliss-reactive ketones (excluding diaryl/α,β-unsaturated/α-hetero) is 1. The molecule has 4 nitrogen and oxygen atoms in total. The van der Waals surface area contributed by atoms with Gasteiger partial charge in [-0.3, -0.25) is 4.79 Å². The molecule has 0 aromatic heterocycles. The van der Waals surface area contributed by atoms with Crippen LogP contribution in [0.3, 0.4) is 0 Å². The normalized spacial score (nSPS) is 23.4. The van der Waals surface area contributed by atoms with Gasteiger partial charge in [-0.05, 0) is 68.2 Å². The monoisotopic (exact) mass is 459 g/mol. The van der Waals surface area contributed by atoms with Crippen LogP contribution in [0.1, 0.15) is 74.8 Å². The Kier molecular flexibility index (Phi) is 6.36. The van der Waals surface area contributed by atoms with Gasteiger partial charge < -0.3 is 10.1 Å². The van der Waals surface area contributed by atoms with Gasteiger partial charge in [-0.15, -0.1) is 0 Å². The number of benzene rings is 2. The predicted octanol–water partition coefficient (Wildman–Crippen LogP) is 6.06. The third kappa shape index (κ3) is 4.44. The summed E-state index contributed by atoms with van der Waals surface area (Å²) in [5, 5.41) is 3.37. The fourth-order valence-electron chi connectivity index (χ4n) is 5.69. The maximum atomic E-state index is 14.3. The minimum Gasteiger partial charge on any atom is -0.459 e. The third-order valence-electron chi connectivity index (χ3n) is 7.33. The first-order valence-electron chi connectivity index (χ1n) is 12.3. The molecule has 2 aliphatic carbocycles. The van der Waals surface area contributed by atoms with Crippen LogP contribution in [0, 0.1) is 5.82 Å². The van der Waals surface area contributed by atoms with Crippen LogP contribution in [0.15, 0.2) is 77.1 Å². The lowest BCUT2D eigenvalue weighted by atomic mass is 9.71. The Balaban J connectivity index is 1.53. The van der Waals surface area contributed by atoms with Gasteiger partial charge in [0.05, 0.1) is 5.57 Å².